The Balaban J connectivity index is 1.56. The monoisotopic (exact) mass is 556 g/mol. The predicted octanol–water partition coefficient (Wildman–Crippen LogP) is 3.32. The number of hydrogen-bond acceptors (Lipinski definition) is 9. The number of hydrogen-bond donors (Lipinski definition) is 2. The summed E-state index contributed by atoms with van der Waals surface area (Å²) in [5.74, 6) is -1.74. The van der Waals surface area contributed by atoms with Gasteiger partial charge in [0.1, 0.15) is 17.2 Å². The van der Waals surface area contributed by atoms with Gasteiger partial charge in [-0.05, 0) is 24.3 Å². The number of aromatic nitrogens is 3. The van der Waals surface area contributed by atoms with Gasteiger partial charge in [0, 0.05) is 53.4 Å². The number of ketones is 1. The molecular weight excluding hydrogens is 529 g/mol. The number of halogens is 3. The van der Waals surface area contributed by atoms with Crippen LogP contribution in [0.3, 0.4) is 0 Å². The maximum atomic E-state index is 13.8. The number of nitrogens with zero attached hydrogens (tertiary/aromatic N) is 6. The molecule has 0 saturated carbocycles. The molecule has 14 heteroatoms. The van der Waals surface area contributed by atoms with Crippen LogP contribution in [0.2, 0.25) is 0 Å². The number of pyridine rings is 1. The van der Waals surface area contributed by atoms with Crippen molar-refractivity contribution in [2.75, 3.05) is 55.8 Å². The fourth-order valence-corrected chi connectivity index (χ4v) is 4.01. The van der Waals surface area contributed by atoms with E-state index in [1.54, 1.807) is 17.0 Å². The lowest BCUT2D eigenvalue weighted by Gasteiger charge is -2.34. The van der Waals surface area contributed by atoms with Crippen LogP contribution in [0.25, 0.3) is 0 Å². The van der Waals surface area contributed by atoms with Crippen molar-refractivity contribution in [1.82, 2.24) is 24.8 Å². The summed E-state index contributed by atoms with van der Waals surface area (Å²) in [7, 11) is 2.80. The highest BCUT2D eigenvalue weighted by atomic mass is 19.4. The summed E-state index contributed by atoms with van der Waals surface area (Å²) in [6.45, 7) is 3.96. The van der Waals surface area contributed by atoms with E-state index in [0.717, 1.165) is 4.90 Å². The highest BCUT2D eigenvalue weighted by Crippen LogP contribution is 2.36. The van der Waals surface area contributed by atoms with Crippen molar-refractivity contribution in [2.45, 2.75) is 13.1 Å². The first-order chi connectivity index (χ1) is 18.9. The average molecular weight is 557 g/mol. The molecule has 0 bridgehead atoms. The van der Waals surface area contributed by atoms with Crippen molar-refractivity contribution in [1.29, 1.82) is 0 Å². The van der Waals surface area contributed by atoms with Crippen LogP contribution in [-0.4, -0.2) is 82.6 Å². The molecule has 0 radical (unpaired) electrons. The topological polar surface area (TPSA) is 124 Å². The number of likely N-dealkylation sites (N-methyl/N-ethyl adjacent to an activating group) is 1. The molecule has 4 rings (SSSR count). The molecule has 0 atom stereocenters. The minimum absolute atomic E-state index is 0.0197. The zero-order valence-corrected chi connectivity index (χ0v) is 22.0. The minimum Gasteiger partial charge on any atom is -0.353 e. The predicted molar refractivity (Wildman–Crippen MR) is 142 cm³/mol. The first-order valence-electron chi connectivity index (χ1n) is 12.2. The fourth-order valence-electron chi connectivity index (χ4n) is 4.01. The minimum atomic E-state index is -4.80. The number of benzene rings is 1. The number of alkyl halides is 3. The summed E-state index contributed by atoms with van der Waals surface area (Å²) in [5, 5.41) is 5.40. The van der Waals surface area contributed by atoms with E-state index in [2.05, 4.69) is 25.6 Å². The summed E-state index contributed by atoms with van der Waals surface area (Å²) in [6, 6.07) is 9.17. The van der Waals surface area contributed by atoms with Gasteiger partial charge in [0.25, 0.3) is 11.7 Å². The molecule has 1 aliphatic heterocycles. The van der Waals surface area contributed by atoms with E-state index in [1.807, 2.05) is 4.90 Å². The van der Waals surface area contributed by atoms with Crippen LogP contribution in [-0.2, 0) is 15.8 Å². The SMILES string of the molecule is CC(=O)N1CCN(c2ccc(Nc3ncc(C(F)(F)F)c(Nc4ccccc4C(=O)C(=O)N(C)C)n3)cn2)CC1. The standard InChI is InChI=1S/C26H27F3N8O3/c1-16(38)36-10-12-37(13-11-36)21-9-8-17(14-30-21)32-25-31-15-19(26(27,28)29)23(34-25)33-20-7-5-4-6-18(20)22(39)24(40)35(2)3/h4-9,14-15H,10-13H2,1-3H3,(H2,31,32,33,34). The van der Waals surface area contributed by atoms with E-state index in [-0.39, 0.29) is 23.1 Å². The molecule has 2 aromatic heterocycles. The number of amides is 2. The molecule has 1 saturated heterocycles. The third kappa shape index (κ3) is 6.45. The molecule has 1 aliphatic rings. The number of Topliss-reactive ketones (excluding diaryl/α,β-unsaturated/α-hetero) is 1. The molecular formula is C26H27F3N8O3. The number of piperazine rings is 1. The van der Waals surface area contributed by atoms with Crippen molar-refractivity contribution < 1.29 is 27.6 Å². The fraction of sp³-hybridized carbons (Fsp3) is 0.308. The lowest BCUT2D eigenvalue weighted by molar-refractivity contribution is -0.137. The molecule has 3 aromatic rings. The van der Waals surface area contributed by atoms with Crippen molar-refractivity contribution in [3.8, 4) is 0 Å². The number of carbonyl (C=O) groups is 3. The molecule has 2 N–H and O–H groups in total. The number of para-hydroxylation sites is 1. The smallest absolute Gasteiger partial charge is 0.353 e. The summed E-state index contributed by atoms with van der Waals surface area (Å²) >= 11 is 0. The van der Waals surface area contributed by atoms with Crippen LogP contribution in [0, 0.1) is 0 Å². The molecule has 1 aromatic carbocycles. The molecule has 0 unspecified atom stereocenters. The molecule has 2 amide bonds. The van der Waals surface area contributed by atoms with Crippen molar-refractivity contribution >= 4 is 46.6 Å². The highest BCUT2D eigenvalue weighted by molar-refractivity contribution is 6.43. The Labute approximate surface area is 228 Å². The maximum absolute atomic E-state index is 13.8. The summed E-state index contributed by atoms with van der Waals surface area (Å²) in [4.78, 5) is 53.5. The Morgan fingerprint density at radius 2 is 1.62 bits per heavy atom. The van der Waals surface area contributed by atoms with Gasteiger partial charge in [0.2, 0.25) is 11.9 Å². The third-order valence-electron chi connectivity index (χ3n) is 6.17. The Bertz CT molecular complexity index is 1410. The first-order valence-corrected chi connectivity index (χ1v) is 12.2. The van der Waals surface area contributed by atoms with Gasteiger partial charge in [0.15, 0.2) is 0 Å². The molecule has 3 heterocycles. The molecule has 1 fully saturated rings. The second kappa shape index (κ2) is 11.6. The lowest BCUT2D eigenvalue weighted by Crippen LogP contribution is -2.48. The van der Waals surface area contributed by atoms with Crippen LogP contribution in [0.15, 0.2) is 48.8 Å². The van der Waals surface area contributed by atoms with E-state index in [9.17, 15) is 27.6 Å². The Morgan fingerprint density at radius 1 is 0.925 bits per heavy atom. The van der Waals surface area contributed by atoms with Gasteiger partial charge in [-0.25, -0.2) is 9.97 Å². The van der Waals surface area contributed by atoms with E-state index in [0.29, 0.717) is 43.9 Å². The Kier molecular flexibility index (Phi) is 8.16. The van der Waals surface area contributed by atoms with Gasteiger partial charge in [-0.2, -0.15) is 18.2 Å². The van der Waals surface area contributed by atoms with Crippen LogP contribution in [0.4, 0.5) is 42.1 Å². The van der Waals surface area contributed by atoms with Crippen molar-refractivity contribution in [3.63, 3.8) is 0 Å². The van der Waals surface area contributed by atoms with Gasteiger partial charge >= 0.3 is 6.18 Å². The number of nitrogens with one attached hydrogen (secondary N) is 2. The van der Waals surface area contributed by atoms with Gasteiger partial charge in [0.05, 0.1) is 23.1 Å². The van der Waals surface area contributed by atoms with Crippen LogP contribution < -0.4 is 15.5 Å². The van der Waals surface area contributed by atoms with Gasteiger partial charge < -0.3 is 25.3 Å². The van der Waals surface area contributed by atoms with Gasteiger partial charge in [-0.3, -0.25) is 14.4 Å². The highest BCUT2D eigenvalue weighted by Gasteiger charge is 2.36. The molecule has 11 nitrogen and oxygen atoms in total. The van der Waals surface area contributed by atoms with Crippen molar-refractivity contribution in [3.05, 3.63) is 59.9 Å². The third-order valence-corrected chi connectivity index (χ3v) is 6.17. The Morgan fingerprint density at radius 3 is 2.23 bits per heavy atom. The summed E-state index contributed by atoms with van der Waals surface area (Å²) < 4.78 is 41.4. The molecule has 40 heavy (non-hydrogen) atoms. The quantitative estimate of drug-likeness (QED) is 0.333. The molecule has 0 spiro atoms. The van der Waals surface area contributed by atoms with Gasteiger partial charge in [-0.1, -0.05) is 12.1 Å². The molecule has 210 valence electrons. The van der Waals surface area contributed by atoms with Crippen LogP contribution >= 0.6 is 0 Å². The van der Waals surface area contributed by atoms with Crippen LogP contribution in [0.5, 0.6) is 0 Å². The summed E-state index contributed by atoms with van der Waals surface area (Å²) in [5.41, 5.74) is -0.846. The van der Waals surface area contributed by atoms with E-state index in [1.165, 1.54) is 51.5 Å². The van der Waals surface area contributed by atoms with E-state index < -0.39 is 29.2 Å². The van der Waals surface area contributed by atoms with E-state index >= 15 is 0 Å². The largest absolute Gasteiger partial charge is 0.421 e. The lowest BCUT2D eigenvalue weighted by atomic mass is 10.1. The number of anilines is 5. The van der Waals surface area contributed by atoms with Gasteiger partial charge in [-0.15, -0.1) is 0 Å². The van der Waals surface area contributed by atoms with Crippen molar-refractivity contribution in [2.24, 2.45) is 0 Å². The first kappa shape index (κ1) is 28.3. The Hall–Kier alpha value is -4.75. The van der Waals surface area contributed by atoms with Crippen LogP contribution in [0.1, 0.15) is 22.8 Å². The number of rotatable bonds is 7. The average Bonchev–Trinajstić information content (AvgIpc) is 2.92. The molecule has 0 aliphatic carbocycles. The zero-order chi connectivity index (χ0) is 29.0. The van der Waals surface area contributed by atoms with E-state index in [4.69, 9.17) is 0 Å². The zero-order valence-electron chi connectivity index (χ0n) is 22.0. The maximum Gasteiger partial charge on any atom is 0.421 e. The summed E-state index contributed by atoms with van der Waals surface area (Å²) in [6.07, 6.45) is -2.67. The normalized spacial score (nSPS) is 13.6. The number of carbonyl (C=O) groups excluding carboxylic acids is 3. The second-order valence-electron chi connectivity index (χ2n) is 9.18. The second-order valence-corrected chi connectivity index (χ2v) is 9.18.